The monoisotopic (exact) mass is 445 g/mol. The SMILES string of the molecule is CSc1cccc(NC(=O)c2c(N3CCCOCC3)nc(C3CCC3)c(Cl)c2C)c1. The van der Waals surface area contributed by atoms with E-state index >= 15 is 0 Å². The van der Waals surface area contributed by atoms with Crippen LogP contribution in [0.15, 0.2) is 29.2 Å². The minimum Gasteiger partial charge on any atom is -0.380 e. The van der Waals surface area contributed by atoms with Crippen molar-refractivity contribution in [1.29, 1.82) is 0 Å². The van der Waals surface area contributed by atoms with E-state index in [4.69, 9.17) is 21.3 Å². The molecular formula is C23H28ClN3O2S. The Morgan fingerprint density at radius 1 is 1.27 bits per heavy atom. The van der Waals surface area contributed by atoms with E-state index < -0.39 is 0 Å². The average molecular weight is 446 g/mol. The van der Waals surface area contributed by atoms with E-state index in [1.807, 2.05) is 37.4 Å². The van der Waals surface area contributed by atoms with Gasteiger partial charge in [0.15, 0.2) is 0 Å². The standard InChI is InChI=1S/C23H28ClN3O2S/c1-15-19(23(28)25-17-8-4-9-18(14-17)30-2)22(27-10-5-12-29-13-11-27)26-21(20(15)24)16-6-3-7-16/h4,8-9,14,16H,3,5-7,10-13H2,1-2H3,(H,25,28). The number of benzene rings is 1. The highest BCUT2D eigenvalue weighted by molar-refractivity contribution is 7.98. The van der Waals surface area contributed by atoms with Gasteiger partial charge in [-0.05, 0) is 56.2 Å². The topological polar surface area (TPSA) is 54.5 Å². The van der Waals surface area contributed by atoms with Gasteiger partial charge in [0.25, 0.3) is 5.91 Å². The summed E-state index contributed by atoms with van der Waals surface area (Å²) in [6, 6.07) is 7.87. The average Bonchev–Trinajstić information content (AvgIpc) is 2.99. The van der Waals surface area contributed by atoms with Crippen LogP contribution in [0.4, 0.5) is 11.5 Å². The van der Waals surface area contributed by atoms with Crippen molar-refractivity contribution >= 4 is 40.8 Å². The van der Waals surface area contributed by atoms with Gasteiger partial charge in [-0.2, -0.15) is 0 Å². The lowest BCUT2D eigenvalue weighted by molar-refractivity contribution is 0.102. The third-order valence-electron chi connectivity index (χ3n) is 5.95. The third kappa shape index (κ3) is 4.46. The molecule has 1 aromatic carbocycles. The molecule has 2 fully saturated rings. The molecule has 0 atom stereocenters. The predicted molar refractivity (Wildman–Crippen MR) is 124 cm³/mol. The summed E-state index contributed by atoms with van der Waals surface area (Å²) in [4.78, 5) is 21.7. The van der Waals surface area contributed by atoms with Gasteiger partial charge in [-0.25, -0.2) is 4.98 Å². The molecule has 1 N–H and O–H groups in total. The molecule has 7 heteroatoms. The molecule has 2 heterocycles. The quantitative estimate of drug-likeness (QED) is 0.615. The number of aromatic nitrogens is 1. The summed E-state index contributed by atoms with van der Waals surface area (Å²) >= 11 is 8.40. The van der Waals surface area contributed by atoms with Crippen LogP contribution in [0.1, 0.15) is 53.2 Å². The molecular weight excluding hydrogens is 418 g/mol. The summed E-state index contributed by atoms with van der Waals surface area (Å²) < 4.78 is 5.63. The highest BCUT2D eigenvalue weighted by Crippen LogP contribution is 2.42. The van der Waals surface area contributed by atoms with E-state index in [0.29, 0.717) is 23.1 Å². The van der Waals surface area contributed by atoms with Crippen LogP contribution < -0.4 is 10.2 Å². The molecule has 0 radical (unpaired) electrons. The normalized spacial score (nSPS) is 17.4. The van der Waals surface area contributed by atoms with E-state index in [2.05, 4.69) is 10.2 Å². The number of halogens is 1. The Balaban J connectivity index is 1.74. The minimum atomic E-state index is -0.166. The maximum Gasteiger partial charge on any atom is 0.259 e. The molecule has 2 aliphatic rings. The van der Waals surface area contributed by atoms with Gasteiger partial charge < -0.3 is 15.0 Å². The number of rotatable bonds is 5. The number of ether oxygens (including phenoxy) is 1. The molecule has 160 valence electrons. The lowest BCUT2D eigenvalue weighted by atomic mass is 9.82. The van der Waals surface area contributed by atoms with Crippen LogP contribution in [0.3, 0.4) is 0 Å². The zero-order chi connectivity index (χ0) is 21.1. The molecule has 0 unspecified atom stereocenters. The van der Waals surface area contributed by atoms with Crippen LogP contribution in [-0.4, -0.2) is 43.5 Å². The number of pyridine rings is 1. The van der Waals surface area contributed by atoms with Gasteiger partial charge in [0.2, 0.25) is 0 Å². The molecule has 30 heavy (non-hydrogen) atoms. The van der Waals surface area contributed by atoms with Crippen molar-refractivity contribution in [3.8, 4) is 0 Å². The van der Waals surface area contributed by atoms with Gasteiger partial charge >= 0.3 is 0 Å². The van der Waals surface area contributed by atoms with Crippen molar-refractivity contribution in [3.05, 3.63) is 46.1 Å². The second kappa shape index (κ2) is 9.58. The summed E-state index contributed by atoms with van der Waals surface area (Å²) in [7, 11) is 0. The molecule has 1 aliphatic heterocycles. The number of carbonyl (C=O) groups is 1. The van der Waals surface area contributed by atoms with E-state index in [1.165, 1.54) is 6.42 Å². The van der Waals surface area contributed by atoms with Crippen molar-refractivity contribution in [1.82, 2.24) is 4.98 Å². The minimum absolute atomic E-state index is 0.166. The number of anilines is 2. The van der Waals surface area contributed by atoms with Crippen molar-refractivity contribution in [2.75, 3.05) is 42.8 Å². The first-order chi connectivity index (χ1) is 14.6. The number of nitrogens with zero attached hydrogens (tertiary/aromatic N) is 2. The molecule has 1 amide bonds. The molecule has 4 rings (SSSR count). The molecule has 1 saturated heterocycles. The molecule has 0 spiro atoms. The van der Waals surface area contributed by atoms with Crippen LogP contribution in [0.25, 0.3) is 0 Å². The van der Waals surface area contributed by atoms with Gasteiger partial charge in [-0.1, -0.05) is 24.1 Å². The van der Waals surface area contributed by atoms with Gasteiger partial charge in [0.05, 0.1) is 22.9 Å². The highest BCUT2D eigenvalue weighted by atomic mass is 35.5. The molecule has 2 aromatic rings. The van der Waals surface area contributed by atoms with E-state index in [-0.39, 0.29) is 5.91 Å². The largest absolute Gasteiger partial charge is 0.380 e. The molecule has 1 saturated carbocycles. The fourth-order valence-electron chi connectivity index (χ4n) is 3.99. The van der Waals surface area contributed by atoms with Crippen LogP contribution >= 0.6 is 23.4 Å². The first-order valence-corrected chi connectivity index (χ1v) is 12.2. The zero-order valence-corrected chi connectivity index (χ0v) is 19.1. The Morgan fingerprint density at radius 3 is 2.83 bits per heavy atom. The maximum absolute atomic E-state index is 13.4. The van der Waals surface area contributed by atoms with Crippen molar-refractivity contribution in [2.24, 2.45) is 0 Å². The fourth-order valence-corrected chi connectivity index (χ4v) is 4.74. The third-order valence-corrected chi connectivity index (χ3v) is 7.15. The van der Waals surface area contributed by atoms with Gasteiger partial charge in [0, 0.05) is 36.2 Å². The summed E-state index contributed by atoms with van der Waals surface area (Å²) in [5.41, 5.74) is 3.10. The number of carbonyl (C=O) groups excluding carboxylic acids is 1. The summed E-state index contributed by atoms with van der Waals surface area (Å²) in [5.74, 6) is 0.969. The summed E-state index contributed by atoms with van der Waals surface area (Å²) in [6.45, 7) is 4.86. The Kier molecular flexibility index (Phi) is 6.86. The molecule has 1 aliphatic carbocycles. The Hall–Kier alpha value is -1.76. The summed E-state index contributed by atoms with van der Waals surface area (Å²) in [5, 5.41) is 3.70. The predicted octanol–water partition coefficient (Wildman–Crippen LogP) is 5.51. The smallest absolute Gasteiger partial charge is 0.259 e. The number of amides is 1. The number of thioether (sulfide) groups is 1. The second-order valence-corrected chi connectivity index (χ2v) is 9.16. The summed E-state index contributed by atoms with van der Waals surface area (Å²) in [6.07, 6.45) is 6.37. The van der Waals surface area contributed by atoms with Crippen LogP contribution in [-0.2, 0) is 4.74 Å². The van der Waals surface area contributed by atoms with Crippen LogP contribution in [0, 0.1) is 6.92 Å². The first-order valence-electron chi connectivity index (χ1n) is 10.6. The molecule has 5 nitrogen and oxygen atoms in total. The van der Waals surface area contributed by atoms with Gasteiger partial charge in [0.1, 0.15) is 5.82 Å². The van der Waals surface area contributed by atoms with Crippen LogP contribution in [0.5, 0.6) is 0 Å². The van der Waals surface area contributed by atoms with Crippen molar-refractivity contribution < 1.29 is 9.53 Å². The highest BCUT2D eigenvalue weighted by Gasteiger charge is 2.30. The number of hydrogen-bond acceptors (Lipinski definition) is 5. The van der Waals surface area contributed by atoms with Crippen LogP contribution in [0.2, 0.25) is 5.02 Å². The fraction of sp³-hybridized carbons (Fsp3) is 0.478. The molecule has 0 bridgehead atoms. The van der Waals surface area contributed by atoms with E-state index in [1.54, 1.807) is 11.8 Å². The zero-order valence-electron chi connectivity index (χ0n) is 17.5. The lowest BCUT2D eigenvalue weighted by Gasteiger charge is -2.30. The maximum atomic E-state index is 13.4. The number of nitrogens with one attached hydrogen (secondary N) is 1. The second-order valence-electron chi connectivity index (χ2n) is 7.90. The van der Waals surface area contributed by atoms with Gasteiger partial charge in [-0.15, -0.1) is 11.8 Å². The lowest BCUT2D eigenvalue weighted by Crippen LogP contribution is -2.31. The van der Waals surface area contributed by atoms with E-state index in [0.717, 1.165) is 66.6 Å². The Labute approximate surface area is 187 Å². The Bertz CT molecular complexity index is 925. The van der Waals surface area contributed by atoms with Gasteiger partial charge in [-0.3, -0.25) is 4.79 Å². The number of hydrogen-bond donors (Lipinski definition) is 1. The molecule has 1 aromatic heterocycles. The first kappa shape index (κ1) is 21.5. The van der Waals surface area contributed by atoms with Crippen molar-refractivity contribution in [3.63, 3.8) is 0 Å². The van der Waals surface area contributed by atoms with E-state index in [9.17, 15) is 4.79 Å². The van der Waals surface area contributed by atoms with Crippen molar-refractivity contribution in [2.45, 2.75) is 43.4 Å². The Morgan fingerprint density at radius 2 is 2.10 bits per heavy atom.